The van der Waals surface area contributed by atoms with Gasteiger partial charge in [0.1, 0.15) is 12.6 Å². The highest BCUT2D eigenvalue weighted by Crippen LogP contribution is 2.37. The van der Waals surface area contributed by atoms with Crippen LogP contribution in [0.15, 0.2) is 42.5 Å². The molecule has 1 heterocycles. The largest absolute Gasteiger partial charge is 0.493 e. The van der Waals surface area contributed by atoms with Crippen molar-refractivity contribution in [3.05, 3.63) is 58.6 Å². The van der Waals surface area contributed by atoms with E-state index in [-0.39, 0.29) is 30.9 Å². The molecule has 0 bridgehead atoms. The molecule has 2 aromatic rings. The van der Waals surface area contributed by atoms with E-state index in [4.69, 9.17) is 21.1 Å². The lowest BCUT2D eigenvalue weighted by Gasteiger charge is -2.43. The number of amides is 2. The van der Waals surface area contributed by atoms with Crippen molar-refractivity contribution in [2.45, 2.75) is 70.5 Å². The first-order valence-electron chi connectivity index (χ1n) is 12.7. The summed E-state index contributed by atoms with van der Waals surface area (Å²) >= 11 is 6.44. The first-order valence-corrected chi connectivity index (χ1v) is 13.0. The van der Waals surface area contributed by atoms with Crippen LogP contribution in [0.2, 0.25) is 5.02 Å². The number of hydrogen-bond donors (Lipinski definition) is 0. The molecule has 2 aromatic carbocycles. The molecule has 7 heteroatoms. The predicted octanol–water partition coefficient (Wildman–Crippen LogP) is 5.77. The molecule has 1 aliphatic heterocycles. The van der Waals surface area contributed by atoms with Crippen molar-refractivity contribution in [2.24, 2.45) is 0 Å². The van der Waals surface area contributed by atoms with Crippen LogP contribution in [0, 0.1) is 0 Å². The summed E-state index contributed by atoms with van der Waals surface area (Å²) in [5.74, 6) is 1.09. The van der Waals surface area contributed by atoms with Crippen LogP contribution in [0.5, 0.6) is 11.5 Å². The Hall–Kier alpha value is -2.73. The van der Waals surface area contributed by atoms with Crippen LogP contribution in [0.25, 0.3) is 0 Å². The van der Waals surface area contributed by atoms with E-state index in [1.54, 1.807) is 12.0 Å². The van der Waals surface area contributed by atoms with Crippen LogP contribution in [0.3, 0.4) is 0 Å². The second-order valence-corrected chi connectivity index (χ2v) is 9.79. The highest BCUT2D eigenvalue weighted by atomic mass is 35.5. The van der Waals surface area contributed by atoms with Crippen LogP contribution >= 0.6 is 11.6 Å². The molecule has 6 nitrogen and oxygen atoms in total. The van der Waals surface area contributed by atoms with Gasteiger partial charge in [0.15, 0.2) is 11.5 Å². The number of methoxy groups -OCH3 is 1. The third-order valence-corrected chi connectivity index (χ3v) is 7.35. The molecule has 1 aliphatic carbocycles. The zero-order chi connectivity index (χ0) is 24.8. The van der Waals surface area contributed by atoms with Crippen molar-refractivity contribution < 1.29 is 19.1 Å². The molecule has 0 radical (unpaired) electrons. The van der Waals surface area contributed by atoms with Crippen LogP contribution < -0.4 is 9.47 Å². The zero-order valence-electron chi connectivity index (χ0n) is 20.7. The molecular weight excluding hydrogens is 464 g/mol. The highest BCUT2D eigenvalue weighted by Gasteiger charge is 2.43. The molecule has 0 aromatic heterocycles. The van der Waals surface area contributed by atoms with Gasteiger partial charge in [0.2, 0.25) is 5.91 Å². The minimum Gasteiger partial charge on any atom is -0.493 e. The normalized spacial score (nSPS) is 19.6. The summed E-state index contributed by atoms with van der Waals surface area (Å²) in [6, 6.07) is 12.4. The summed E-state index contributed by atoms with van der Waals surface area (Å²) in [5.41, 5.74) is 1.53. The molecule has 0 spiro atoms. The van der Waals surface area contributed by atoms with Gasteiger partial charge in [0, 0.05) is 17.6 Å². The average molecular weight is 499 g/mol. The second-order valence-electron chi connectivity index (χ2n) is 9.39. The lowest BCUT2D eigenvalue weighted by molar-refractivity contribution is -0.159. The number of piperazine rings is 1. The van der Waals surface area contributed by atoms with E-state index in [0.29, 0.717) is 23.1 Å². The van der Waals surface area contributed by atoms with Gasteiger partial charge in [0.25, 0.3) is 5.91 Å². The maximum absolute atomic E-state index is 14.1. The van der Waals surface area contributed by atoms with Crippen molar-refractivity contribution >= 4 is 23.4 Å². The molecule has 1 atom stereocenters. The van der Waals surface area contributed by atoms with Gasteiger partial charge < -0.3 is 19.3 Å². The number of benzene rings is 2. The van der Waals surface area contributed by atoms with Crippen molar-refractivity contribution in [2.75, 3.05) is 20.3 Å². The molecule has 188 valence electrons. The smallest absolute Gasteiger partial charge is 0.250 e. The predicted molar refractivity (Wildman–Crippen MR) is 137 cm³/mol. The van der Waals surface area contributed by atoms with Gasteiger partial charge in [-0.3, -0.25) is 9.59 Å². The van der Waals surface area contributed by atoms with E-state index in [0.717, 1.165) is 43.2 Å². The van der Waals surface area contributed by atoms with Gasteiger partial charge in [-0.2, -0.15) is 0 Å². The molecule has 2 fully saturated rings. The van der Waals surface area contributed by atoms with E-state index in [9.17, 15) is 9.59 Å². The summed E-state index contributed by atoms with van der Waals surface area (Å²) in [6.45, 7) is 3.00. The summed E-state index contributed by atoms with van der Waals surface area (Å²) in [4.78, 5) is 31.1. The van der Waals surface area contributed by atoms with Crippen LogP contribution in [-0.2, 0) is 16.1 Å². The number of carbonyl (C=O) groups is 2. The fourth-order valence-electron chi connectivity index (χ4n) is 5.13. The first kappa shape index (κ1) is 25.4. The SMILES string of the molecule is CCCOc1ccc([C@@H]2C(=O)N(C3CCCCCC3)CC(=O)N2Cc2ccccc2Cl)cc1OC. The van der Waals surface area contributed by atoms with Crippen molar-refractivity contribution in [3.8, 4) is 11.5 Å². The molecule has 0 N–H and O–H groups in total. The molecule has 4 rings (SSSR count). The fraction of sp³-hybridized carbons (Fsp3) is 0.500. The number of halogens is 1. The van der Waals surface area contributed by atoms with E-state index < -0.39 is 6.04 Å². The van der Waals surface area contributed by atoms with Crippen molar-refractivity contribution in [1.82, 2.24) is 9.80 Å². The minimum atomic E-state index is -0.745. The molecule has 1 saturated heterocycles. The number of ether oxygens (including phenoxy) is 2. The quantitative estimate of drug-likeness (QED) is 0.433. The number of nitrogens with zero attached hydrogens (tertiary/aromatic N) is 2. The van der Waals surface area contributed by atoms with E-state index in [1.165, 1.54) is 12.8 Å². The Kier molecular flexibility index (Phi) is 8.55. The Morgan fingerprint density at radius 2 is 1.74 bits per heavy atom. The third kappa shape index (κ3) is 5.75. The Bertz CT molecular complexity index is 1040. The standard InChI is InChI=1S/C28H35ClN2O4/c1-3-16-35-24-15-14-20(17-25(24)34-2)27-28(33)30(22-11-6-4-5-7-12-22)19-26(32)31(27)18-21-10-8-9-13-23(21)29/h8-10,13-15,17,22,27H,3-7,11-12,16,18-19H2,1-2H3/t27-/m1/s1. The zero-order valence-corrected chi connectivity index (χ0v) is 21.4. The maximum atomic E-state index is 14.1. The van der Waals surface area contributed by atoms with Crippen molar-refractivity contribution in [3.63, 3.8) is 0 Å². The Morgan fingerprint density at radius 1 is 1.00 bits per heavy atom. The van der Waals surface area contributed by atoms with Gasteiger partial charge in [-0.1, -0.05) is 68.5 Å². The van der Waals surface area contributed by atoms with Gasteiger partial charge in [-0.05, 0) is 48.6 Å². The Morgan fingerprint density at radius 3 is 2.43 bits per heavy atom. The number of carbonyl (C=O) groups excluding carboxylic acids is 2. The van der Waals surface area contributed by atoms with Crippen LogP contribution in [0.4, 0.5) is 0 Å². The molecule has 35 heavy (non-hydrogen) atoms. The van der Waals surface area contributed by atoms with Crippen LogP contribution in [0.1, 0.15) is 69.0 Å². The van der Waals surface area contributed by atoms with Gasteiger partial charge in [0.05, 0.1) is 13.7 Å². The van der Waals surface area contributed by atoms with Gasteiger partial charge >= 0.3 is 0 Å². The Balaban J connectivity index is 1.71. The maximum Gasteiger partial charge on any atom is 0.250 e. The minimum absolute atomic E-state index is 0.0344. The molecule has 1 saturated carbocycles. The van der Waals surface area contributed by atoms with Crippen molar-refractivity contribution in [1.29, 1.82) is 0 Å². The van der Waals surface area contributed by atoms with Crippen LogP contribution in [-0.4, -0.2) is 47.9 Å². The lowest BCUT2D eigenvalue weighted by Crippen LogP contribution is -2.57. The fourth-order valence-corrected chi connectivity index (χ4v) is 5.32. The average Bonchev–Trinajstić information content (AvgIpc) is 3.15. The first-order chi connectivity index (χ1) is 17.0. The molecular formula is C28H35ClN2O4. The summed E-state index contributed by atoms with van der Waals surface area (Å²) in [5, 5.41) is 0.582. The summed E-state index contributed by atoms with van der Waals surface area (Å²) < 4.78 is 11.4. The van der Waals surface area contributed by atoms with E-state index in [1.807, 2.05) is 54.3 Å². The third-order valence-electron chi connectivity index (χ3n) is 6.98. The topological polar surface area (TPSA) is 59.1 Å². The number of hydrogen-bond acceptors (Lipinski definition) is 4. The van der Waals surface area contributed by atoms with Gasteiger partial charge in [-0.25, -0.2) is 0 Å². The van der Waals surface area contributed by atoms with Gasteiger partial charge in [-0.15, -0.1) is 0 Å². The van der Waals surface area contributed by atoms with E-state index >= 15 is 0 Å². The Labute approximate surface area is 213 Å². The monoisotopic (exact) mass is 498 g/mol. The summed E-state index contributed by atoms with van der Waals surface area (Å²) in [7, 11) is 1.59. The lowest BCUT2D eigenvalue weighted by atomic mass is 9.96. The molecule has 2 amide bonds. The highest BCUT2D eigenvalue weighted by molar-refractivity contribution is 6.31. The molecule has 2 aliphatic rings. The second kappa shape index (κ2) is 11.8. The van der Waals surface area contributed by atoms with E-state index in [2.05, 4.69) is 0 Å². The number of rotatable bonds is 8. The molecule has 0 unspecified atom stereocenters. The summed E-state index contributed by atoms with van der Waals surface area (Å²) in [6.07, 6.45) is 7.33.